The lowest BCUT2D eigenvalue weighted by Gasteiger charge is -2.15. The van der Waals surface area contributed by atoms with Crippen LogP contribution in [0, 0.1) is 12.8 Å². The Kier molecular flexibility index (Phi) is 6.92. The number of benzene rings is 2. The van der Waals surface area contributed by atoms with Crippen LogP contribution < -0.4 is 25.4 Å². The fourth-order valence-corrected chi connectivity index (χ4v) is 3.33. The molecule has 0 spiro atoms. The summed E-state index contributed by atoms with van der Waals surface area (Å²) in [4.78, 5) is 16.6. The zero-order chi connectivity index (χ0) is 21.5. The summed E-state index contributed by atoms with van der Waals surface area (Å²) in [5, 5.41) is 9.64. The molecule has 2 aromatic carbocycles. The lowest BCUT2D eigenvalue weighted by Crippen LogP contribution is -2.38. The predicted molar refractivity (Wildman–Crippen MR) is 122 cm³/mol. The Bertz CT molecular complexity index is 940. The molecule has 4 rings (SSSR count). The number of fused-ring (bicyclic) bond motifs is 1. The van der Waals surface area contributed by atoms with Gasteiger partial charge in [0.15, 0.2) is 17.5 Å². The average molecular weight is 423 g/mol. The van der Waals surface area contributed by atoms with Gasteiger partial charge in [0.1, 0.15) is 0 Å². The van der Waals surface area contributed by atoms with Crippen molar-refractivity contribution < 1.29 is 14.3 Å². The summed E-state index contributed by atoms with van der Waals surface area (Å²) < 4.78 is 11.5. The van der Waals surface area contributed by atoms with E-state index in [0.717, 1.165) is 36.4 Å². The minimum Gasteiger partial charge on any atom is -0.490 e. The first-order valence-electron chi connectivity index (χ1n) is 11.0. The number of hydrogen-bond acceptors (Lipinski definition) is 4. The number of aliphatic imine (C=N–C) groups is 1. The monoisotopic (exact) mass is 422 g/mol. The number of rotatable bonds is 7. The van der Waals surface area contributed by atoms with Gasteiger partial charge >= 0.3 is 0 Å². The largest absolute Gasteiger partial charge is 0.490 e. The smallest absolute Gasteiger partial charge is 0.223 e. The number of aryl methyl sites for hydroxylation is 1. The number of ether oxygens (including phenoxy) is 2. The van der Waals surface area contributed by atoms with Crippen molar-refractivity contribution in [1.29, 1.82) is 0 Å². The third-order valence-electron chi connectivity index (χ3n) is 5.34. The van der Waals surface area contributed by atoms with Crippen LogP contribution in [-0.2, 0) is 11.3 Å². The van der Waals surface area contributed by atoms with Crippen molar-refractivity contribution in [1.82, 2.24) is 10.6 Å². The van der Waals surface area contributed by atoms with Gasteiger partial charge in [0, 0.05) is 37.2 Å². The zero-order valence-electron chi connectivity index (χ0n) is 17.9. The summed E-state index contributed by atoms with van der Waals surface area (Å²) in [5.41, 5.74) is 3.24. The Morgan fingerprint density at radius 1 is 1.03 bits per heavy atom. The predicted octanol–water partition coefficient (Wildman–Crippen LogP) is 3.24. The third-order valence-corrected chi connectivity index (χ3v) is 5.34. The van der Waals surface area contributed by atoms with Gasteiger partial charge in [0.05, 0.1) is 19.8 Å². The van der Waals surface area contributed by atoms with Gasteiger partial charge in [-0.25, -0.2) is 4.99 Å². The SMILES string of the molecule is Cc1ccccc1CN=C(NCCNC(=O)C1CC1)Nc1ccc2c(c1)OCCCO2. The first kappa shape index (κ1) is 21.0. The molecule has 0 aromatic heterocycles. The highest BCUT2D eigenvalue weighted by molar-refractivity contribution is 5.94. The summed E-state index contributed by atoms with van der Waals surface area (Å²) in [5.74, 6) is 2.51. The van der Waals surface area contributed by atoms with Crippen LogP contribution in [0.4, 0.5) is 5.69 Å². The molecule has 7 nitrogen and oxygen atoms in total. The third kappa shape index (κ3) is 6.13. The van der Waals surface area contributed by atoms with Gasteiger partial charge in [-0.2, -0.15) is 0 Å². The summed E-state index contributed by atoms with van der Waals surface area (Å²) in [6.45, 7) is 5.09. The van der Waals surface area contributed by atoms with Crippen LogP contribution >= 0.6 is 0 Å². The van der Waals surface area contributed by atoms with Crippen molar-refractivity contribution in [3.05, 3.63) is 53.6 Å². The highest BCUT2D eigenvalue weighted by Gasteiger charge is 2.28. The van der Waals surface area contributed by atoms with Gasteiger partial charge in [-0.3, -0.25) is 4.79 Å². The van der Waals surface area contributed by atoms with E-state index < -0.39 is 0 Å². The van der Waals surface area contributed by atoms with Gasteiger partial charge in [0.2, 0.25) is 5.91 Å². The second kappa shape index (κ2) is 10.2. The maximum absolute atomic E-state index is 11.8. The molecular weight excluding hydrogens is 392 g/mol. The molecule has 1 amide bonds. The van der Waals surface area contributed by atoms with Crippen LogP contribution in [0.15, 0.2) is 47.5 Å². The molecule has 164 valence electrons. The molecule has 1 fully saturated rings. The Morgan fingerprint density at radius 3 is 2.61 bits per heavy atom. The van der Waals surface area contributed by atoms with Crippen LogP contribution in [0.2, 0.25) is 0 Å². The Labute approximate surface area is 183 Å². The second-order valence-corrected chi connectivity index (χ2v) is 7.92. The van der Waals surface area contributed by atoms with Gasteiger partial charge in [-0.1, -0.05) is 24.3 Å². The number of nitrogens with zero attached hydrogens (tertiary/aromatic N) is 1. The van der Waals surface area contributed by atoms with Crippen LogP contribution in [0.5, 0.6) is 11.5 Å². The molecule has 1 aliphatic carbocycles. The molecular formula is C24H30N4O3. The fraction of sp³-hybridized carbons (Fsp3) is 0.417. The summed E-state index contributed by atoms with van der Waals surface area (Å²) in [6.07, 6.45) is 2.89. The molecule has 0 unspecified atom stereocenters. The fourth-order valence-electron chi connectivity index (χ4n) is 3.33. The molecule has 2 aromatic rings. The molecule has 0 bridgehead atoms. The molecule has 31 heavy (non-hydrogen) atoms. The molecule has 1 heterocycles. The van der Waals surface area contributed by atoms with E-state index in [9.17, 15) is 4.79 Å². The minimum atomic E-state index is 0.149. The first-order valence-corrected chi connectivity index (χ1v) is 11.0. The number of anilines is 1. The molecule has 1 saturated carbocycles. The maximum Gasteiger partial charge on any atom is 0.223 e. The first-order chi connectivity index (χ1) is 15.2. The highest BCUT2D eigenvalue weighted by atomic mass is 16.5. The van der Waals surface area contributed by atoms with E-state index in [-0.39, 0.29) is 11.8 Å². The number of carbonyl (C=O) groups excluding carboxylic acids is 1. The van der Waals surface area contributed by atoms with Gasteiger partial charge in [-0.15, -0.1) is 0 Å². The standard InChI is InChI=1S/C24H30N4O3/c1-17-5-2-3-6-19(17)16-27-24(26-12-11-25-23(29)18-7-8-18)28-20-9-10-21-22(15-20)31-14-4-13-30-21/h2-3,5-6,9-10,15,18H,4,7-8,11-14,16H2,1H3,(H,25,29)(H2,26,27,28). The van der Waals surface area contributed by atoms with E-state index in [1.54, 1.807) is 0 Å². The summed E-state index contributed by atoms with van der Waals surface area (Å²) >= 11 is 0. The number of guanidine groups is 1. The van der Waals surface area contributed by atoms with Gasteiger partial charge < -0.3 is 25.4 Å². The van der Waals surface area contributed by atoms with E-state index >= 15 is 0 Å². The molecule has 1 aliphatic heterocycles. The van der Waals surface area contributed by atoms with Crippen molar-refractivity contribution in [2.45, 2.75) is 32.7 Å². The van der Waals surface area contributed by atoms with Crippen LogP contribution in [-0.4, -0.2) is 38.2 Å². The Morgan fingerprint density at radius 2 is 1.81 bits per heavy atom. The number of carbonyl (C=O) groups is 1. The molecule has 0 radical (unpaired) electrons. The Hall–Kier alpha value is -3.22. The number of amides is 1. The van der Waals surface area contributed by atoms with E-state index in [1.165, 1.54) is 11.1 Å². The molecule has 0 saturated heterocycles. The van der Waals surface area contributed by atoms with Crippen molar-refractivity contribution in [2.75, 3.05) is 31.6 Å². The van der Waals surface area contributed by atoms with E-state index in [4.69, 9.17) is 14.5 Å². The summed E-state index contributed by atoms with van der Waals surface area (Å²) in [7, 11) is 0. The molecule has 3 N–H and O–H groups in total. The topological polar surface area (TPSA) is 84.0 Å². The number of nitrogens with one attached hydrogen (secondary N) is 3. The van der Waals surface area contributed by atoms with Crippen molar-refractivity contribution in [3.63, 3.8) is 0 Å². The summed E-state index contributed by atoms with van der Waals surface area (Å²) in [6, 6.07) is 14.0. The second-order valence-electron chi connectivity index (χ2n) is 7.92. The maximum atomic E-state index is 11.8. The lowest BCUT2D eigenvalue weighted by atomic mass is 10.1. The molecule has 0 atom stereocenters. The minimum absolute atomic E-state index is 0.149. The molecule has 2 aliphatic rings. The van der Waals surface area contributed by atoms with E-state index in [0.29, 0.717) is 38.8 Å². The van der Waals surface area contributed by atoms with E-state index in [2.05, 4.69) is 35.0 Å². The van der Waals surface area contributed by atoms with Crippen LogP contribution in [0.1, 0.15) is 30.4 Å². The lowest BCUT2D eigenvalue weighted by molar-refractivity contribution is -0.122. The van der Waals surface area contributed by atoms with Crippen molar-refractivity contribution in [3.8, 4) is 11.5 Å². The molecule has 7 heteroatoms. The van der Waals surface area contributed by atoms with Crippen LogP contribution in [0.25, 0.3) is 0 Å². The Balaban J connectivity index is 1.42. The van der Waals surface area contributed by atoms with Gasteiger partial charge in [0.25, 0.3) is 0 Å². The van der Waals surface area contributed by atoms with Crippen LogP contribution in [0.3, 0.4) is 0 Å². The van der Waals surface area contributed by atoms with Crippen molar-refractivity contribution in [2.24, 2.45) is 10.9 Å². The number of hydrogen-bond donors (Lipinski definition) is 3. The average Bonchev–Trinajstić information content (AvgIpc) is 3.63. The quantitative estimate of drug-likeness (QED) is 0.362. The van der Waals surface area contributed by atoms with E-state index in [1.807, 2.05) is 30.3 Å². The van der Waals surface area contributed by atoms with Gasteiger partial charge in [-0.05, 0) is 43.0 Å². The highest BCUT2D eigenvalue weighted by Crippen LogP contribution is 2.32. The van der Waals surface area contributed by atoms with Crippen molar-refractivity contribution >= 4 is 17.6 Å². The normalized spacial score (nSPS) is 15.7. The zero-order valence-corrected chi connectivity index (χ0v) is 17.9.